The number of likely N-dealkylation sites (tertiary alicyclic amines) is 1. The van der Waals surface area contributed by atoms with Crippen molar-refractivity contribution in [1.82, 2.24) is 9.62 Å². The first-order chi connectivity index (χ1) is 10.3. The maximum atomic E-state index is 11.3. The van der Waals surface area contributed by atoms with Gasteiger partial charge in [0.2, 0.25) is 10.0 Å². The average Bonchev–Trinajstić information content (AvgIpc) is 2.95. The number of nitrogens with zero attached hydrogens (tertiary/aromatic N) is 1. The minimum Gasteiger partial charge on any atom is -0.460 e. The summed E-state index contributed by atoms with van der Waals surface area (Å²) >= 11 is 0. The van der Waals surface area contributed by atoms with E-state index in [0.717, 1.165) is 36.2 Å². The van der Waals surface area contributed by atoms with Crippen LogP contribution in [0, 0.1) is 13.8 Å². The minimum atomic E-state index is -3.13. The lowest BCUT2D eigenvalue weighted by molar-refractivity contribution is 0.297. The first-order valence-corrected chi connectivity index (χ1v) is 9.38. The van der Waals surface area contributed by atoms with E-state index in [2.05, 4.69) is 41.7 Å². The van der Waals surface area contributed by atoms with Gasteiger partial charge in [-0.05, 0) is 49.6 Å². The number of hydrogen-bond acceptors (Lipinski definition) is 4. The number of aryl methyl sites for hydroxylation is 2. The Balaban J connectivity index is 1.69. The highest BCUT2D eigenvalue weighted by Gasteiger charge is 2.25. The molecule has 22 heavy (non-hydrogen) atoms. The van der Waals surface area contributed by atoms with Crippen LogP contribution < -0.4 is 4.72 Å². The van der Waals surface area contributed by atoms with E-state index in [1.165, 1.54) is 17.4 Å². The van der Waals surface area contributed by atoms with Crippen molar-refractivity contribution in [1.29, 1.82) is 0 Å². The van der Waals surface area contributed by atoms with Crippen molar-refractivity contribution in [3.8, 4) is 0 Å². The molecule has 0 bridgehead atoms. The molecule has 120 valence electrons. The summed E-state index contributed by atoms with van der Waals surface area (Å²) in [5, 5.41) is 1.13. The van der Waals surface area contributed by atoms with Crippen LogP contribution in [-0.2, 0) is 16.6 Å². The fourth-order valence-corrected chi connectivity index (χ4v) is 3.83. The van der Waals surface area contributed by atoms with Crippen LogP contribution >= 0.6 is 0 Å². The van der Waals surface area contributed by atoms with Gasteiger partial charge in [-0.3, -0.25) is 4.90 Å². The zero-order valence-corrected chi connectivity index (χ0v) is 14.0. The van der Waals surface area contributed by atoms with E-state index >= 15 is 0 Å². The van der Waals surface area contributed by atoms with Gasteiger partial charge in [0.25, 0.3) is 0 Å². The Morgan fingerprint density at radius 3 is 2.73 bits per heavy atom. The molecule has 1 atom stereocenters. The highest BCUT2D eigenvalue weighted by atomic mass is 32.2. The van der Waals surface area contributed by atoms with Gasteiger partial charge in [-0.2, -0.15) is 0 Å². The van der Waals surface area contributed by atoms with E-state index < -0.39 is 10.0 Å². The normalized spacial score (nSPS) is 20.0. The Morgan fingerprint density at radius 2 is 2.00 bits per heavy atom. The third kappa shape index (κ3) is 3.51. The van der Waals surface area contributed by atoms with Crippen LogP contribution in [0.25, 0.3) is 11.0 Å². The molecule has 1 fully saturated rings. The highest BCUT2D eigenvalue weighted by Crippen LogP contribution is 2.25. The Kier molecular flexibility index (Phi) is 4.01. The van der Waals surface area contributed by atoms with E-state index in [9.17, 15) is 8.42 Å². The zero-order valence-electron chi connectivity index (χ0n) is 13.2. The summed E-state index contributed by atoms with van der Waals surface area (Å²) < 4.78 is 31.2. The van der Waals surface area contributed by atoms with Crippen LogP contribution in [0.3, 0.4) is 0 Å². The SMILES string of the molecule is Cc1cc2cc(CN3CC[C@@H](NS(C)(=O)=O)C3)oc2cc1C. The molecule has 1 aliphatic rings. The first-order valence-electron chi connectivity index (χ1n) is 7.49. The van der Waals surface area contributed by atoms with Gasteiger partial charge in [-0.15, -0.1) is 0 Å². The molecule has 5 nitrogen and oxygen atoms in total. The Labute approximate surface area is 131 Å². The van der Waals surface area contributed by atoms with Gasteiger partial charge in [-0.25, -0.2) is 13.1 Å². The van der Waals surface area contributed by atoms with Crippen LogP contribution in [-0.4, -0.2) is 38.7 Å². The first kappa shape index (κ1) is 15.5. The number of hydrogen-bond donors (Lipinski definition) is 1. The van der Waals surface area contributed by atoms with Crippen LogP contribution in [0.4, 0.5) is 0 Å². The quantitative estimate of drug-likeness (QED) is 0.937. The molecule has 0 saturated carbocycles. The third-order valence-corrected chi connectivity index (χ3v) is 4.98. The maximum Gasteiger partial charge on any atom is 0.208 e. The van der Waals surface area contributed by atoms with Crippen molar-refractivity contribution >= 4 is 21.0 Å². The number of sulfonamides is 1. The van der Waals surface area contributed by atoms with Gasteiger partial charge in [0.05, 0.1) is 12.8 Å². The summed E-state index contributed by atoms with van der Waals surface area (Å²) in [6, 6.07) is 6.31. The summed E-state index contributed by atoms with van der Waals surface area (Å²) in [6.07, 6.45) is 2.05. The lowest BCUT2D eigenvalue weighted by Crippen LogP contribution is -2.36. The van der Waals surface area contributed by atoms with E-state index in [1.807, 2.05) is 0 Å². The lowest BCUT2D eigenvalue weighted by Gasteiger charge is -2.14. The Morgan fingerprint density at radius 1 is 1.27 bits per heavy atom. The van der Waals surface area contributed by atoms with Crippen LogP contribution in [0.5, 0.6) is 0 Å². The van der Waals surface area contributed by atoms with Gasteiger partial charge < -0.3 is 4.42 Å². The second-order valence-corrected chi connectivity index (χ2v) is 8.08. The van der Waals surface area contributed by atoms with Gasteiger partial charge in [0.1, 0.15) is 11.3 Å². The van der Waals surface area contributed by atoms with Crippen molar-refractivity contribution in [2.45, 2.75) is 32.9 Å². The standard InChI is InChI=1S/C16H22N2O3S/c1-11-6-13-8-15(21-16(13)7-12(11)2)10-18-5-4-14(9-18)17-22(3,19)20/h6-8,14,17H,4-5,9-10H2,1-3H3/t14-/m1/s1. The molecule has 1 saturated heterocycles. The van der Waals surface area contributed by atoms with Gasteiger partial charge in [0, 0.05) is 24.5 Å². The molecular weight excluding hydrogens is 300 g/mol. The largest absolute Gasteiger partial charge is 0.460 e. The van der Waals surface area contributed by atoms with E-state index in [4.69, 9.17) is 4.42 Å². The molecule has 0 unspecified atom stereocenters. The average molecular weight is 322 g/mol. The predicted octanol–water partition coefficient (Wildman–Crippen LogP) is 2.17. The van der Waals surface area contributed by atoms with Crippen LogP contribution in [0.2, 0.25) is 0 Å². The summed E-state index contributed by atoms with van der Waals surface area (Å²) in [5.74, 6) is 0.931. The van der Waals surface area contributed by atoms with Gasteiger partial charge >= 0.3 is 0 Å². The topological polar surface area (TPSA) is 62.6 Å². The highest BCUT2D eigenvalue weighted by molar-refractivity contribution is 7.88. The maximum absolute atomic E-state index is 11.3. The Hall–Kier alpha value is -1.37. The zero-order chi connectivity index (χ0) is 15.9. The molecule has 0 aliphatic carbocycles. The molecule has 0 amide bonds. The number of furan rings is 1. The fourth-order valence-electron chi connectivity index (χ4n) is 3.03. The molecule has 6 heteroatoms. The summed E-state index contributed by atoms with van der Waals surface area (Å²) in [4.78, 5) is 2.22. The monoisotopic (exact) mass is 322 g/mol. The lowest BCUT2D eigenvalue weighted by atomic mass is 10.1. The molecule has 1 aliphatic heterocycles. The third-order valence-electron chi connectivity index (χ3n) is 4.22. The van der Waals surface area contributed by atoms with Crippen molar-refractivity contribution < 1.29 is 12.8 Å². The number of nitrogens with one attached hydrogen (secondary N) is 1. The van der Waals surface area contributed by atoms with Crippen molar-refractivity contribution in [3.05, 3.63) is 35.1 Å². The molecule has 0 radical (unpaired) electrons. The van der Waals surface area contributed by atoms with Gasteiger partial charge in [-0.1, -0.05) is 0 Å². The van der Waals surface area contributed by atoms with E-state index in [0.29, 0.717) is 6.54 Å². The molecular formula is C16H22N2O3S. The van der Waals surface area contributed by atoms with Crippen molar-refractivity contribution in [2.75, 3.05) is 19.3 Å². The Bertz CT molecular complexity index is 756. The van der Waals surface area contributed by atoms with E-state index in [1.54, 1.807) is 0 Å². The second kappa shape index (κ2) is 5.68. The second-order valence-electron chi connectivity index (χ2n) is 6.30. The summed E-state index contributed by atoms with van der Waals surface area (Å²) in [7, 11) is -3.13. The summed E-state index contributed by atoms with van der Waals surface area (Å²) in [5.41, 5.74) is 3.41. The molecule has 1 aromatic heterocycles. The molecule has 2 aromatic rings. The molecule has 2 heterocycles. The van der Waals surface area contributed by atoms with Crippen LogP contribution in [0.15, 0.2) is 22.6 Å². The number of benzene rings is 1. The summed E-state index contributed by atoms with van der Waals surface area (Å²) in [6.45, 7) is 6.50. The molecule has 1 aromatic carbocycles. The molecule has 0 spiro atoms. The minimum absolute atomic E-state index is 0.00358. The van der Waals surface area contributed by atoms with Crippen molar-refractivity contribution in [2.24, 2.45) is 0 Å². The van der Waals surface area contributed by atoms with E-state index in [-0.39, 0.29) is 6.04 Å². The molecule has 3 rings (SSSR count). The predicted molar refractivity (Wildman–Crippen MR) is 87.3 cm³/mol. The smallest absolute Gasteiger partial charge is 0.208 e. The fraction of sp³-hybridized carbons (Fsp3) is 0.500. The van der Waals surface area contributed by atoms with Gasteiger partial charge in [0.15, 0.2) is 0 Å². The molecule has 1 N–H and O–H groups in total. The number of fused-ring (bicyclic) bond motifs is 1. The van der Waals surface area contributed by atoms with Crippen molar-refractivity contribution in [3.63, 3.8) is 0 Å². The number of rotatable bonds is 4. The van der Waals surface area contributed by atoms with Crippen LogP contribution in [0.1, 0.15) is 23.3 Å².